The highest BCUT2D eigenvalue weighted by Crippen LogP contribution is 2.46. The molecule has 0 atom stereocenters. The first kappa shape index (κ1) is 33.2. The quantitative estimate of drug-likeness (QED) is 0.154. The van der Waals surface area contributed by atoms with Crippen LogP contribution in [0.3, 0.4) is 0 Å². The maximum absolute atomic E-state index is 4.62. The van der Waals surface area contributed by atoms with Crippen molar-refractivity contribution in [3.8, 4) is 78.0 Å². The minimum atomic E-state index is 0.966. The van der Waals surface area contributed by atoms with Gasteiger partial charge in [0.2, 0.25) is 0 Å². The van der Waals surface area contributed by atoms with Crippen molar-refractivity contribution in [1.82, 2.24) is 9.97 Å². The van der Waals surface area contributed by atoms with Crippen LogP contribution in [0.25, 0.3) is 99.6 Å². The number of pyridine rings is 2. The van der Waals surface area contributed by atoms with E-state index in [4.69, 9.17) is 0 Å². The Balaban J connectivity index is 1.22. The fourth-order valence-electron chi connectivity index (χ4n) is 8.07. The third-order valence-electron chi connectivity index (χ3n) is 10.8. The van der Waals surface area contributed by atoms with Gasteiger partial charge < -0.3 is 0 Å². The molecule has 0 bridgehead atoms. The van der Waals surface area contributed by atoms with Crippen LogP contribution in [0.5, 0.6) is 0 Å². The largest absolute Gasteiger partial charge is 0.264 e. The molecule has 0 radical (unpaired) electrons. The normalized spacial score (nSPS) is 11.2. The lowest BCUT2D eigenvalue weighted by Gasteiger charge is -2.19. The second kappa shape index (κ2) is 14.4. The van der Waals surface area contributed by atoms with Gasteiger partial charge in [-0.1, -0.05) is 158 Å². The summed E-state index contributed by atoms with van der Waals surface area (Å²) in [6, 6.07) is 72.3. The highest BCUT2D eigenvalue weighted by atomic mass is 14.7. The van der Waals surface area contributed by atoms with Crippen LogP contribution in [0.2, 0.25) is 0 Å². The van der Waals surface area contributed by atoms with Gasteiger partial charge in [-0.3, -0.25) is 9.97 Å². The molecule has 0 unspecified atom stereocenters. The van der Waals surface area contributed by atoms with Gasteiger partial charge in [-0.05, 0) is 131 Å². The van der Waals surface area contributed by atoms with Crippen LogP contribution in [-0.4, -0.2) is 9.97 Å². The fourth-order valence-corrected chi connectivity index (χ4v) is 8.07. The third-order valence-corrected chi connectivity index (χ3v) is 10.8. The van der Waals surface area contributed by atoms with Crippen LogP contribution in [-0.2, 0) is 0 Å². The number of benzene rings is 8. The summed E-state index contributed by atoms with van der Waals surface area (Å²) in [5, 5.41) is 4.87. The van der Waals surface area contributed by atoms with Gasteiger partial charge in [0.1, 0.15) is 0 Å². The summed E-state index contributed by atoms with van der Waals surface area (Å²) in [6.07, 6.45) is 5.59. The second-order valence-corrected chi connectivity index (χ2v) is 14.2. The number of hydrogen-bond donors (Lipinski definition) is 0. The van der Waals surface area contributed by atoms with E-state index >= 15 is 0 Å². The summed E-state index contributed by atoms with van der Waals surface area (Å²) in [6.45, 7) is 0. The summed E-state index contributed by atoms with van der Waals surface area (Å²) in [5.74, 6) is 0. The van der Waals surface area contributed by atoms with E-state index in [9.17, 15) is 0 Å². The maximum Gasteiger partial charge on any atom is 0.0701 e. The molecule has 0 aliphatic carbocycles. The van der Waals surface area contributed by atoms with E-state index in [0.29, 0.717) is 0 Å². The van der Waals surface area contributed by atoms with Gasteiger partial charge in [0.15, 0.2) is 0 Å². The molecule has 0 spiro atoms. The molecule has 0 saturated carbocycles. The average molecular weight is 713 g/mol. The Bertz CT molecular complexity index is 2900. The molecule has 0 aliphatic heterocycles. The molecule has 10 aromatic rings. The van der Waals surface area contributed by atoms with Crippen molar-refractivity contribution in [3.05, 3.63) is 219 Å². The van der Waals surface area contributed by atoms with Crippen LogP contribution in [0, 0.1) is 0 Å². The van der Waals surface area contributed by atoms with E-state index in [2.05, 4.69) is 192 Å². The predicted octanol–water partition coefficient (Wildman–Crippen LogP) is 14.5. The zero-order chi connectivity index (χ0) is 37.3. The van der Waals surface area contributed by atoms with E-state index in [1.54, 1.807) is 0 Å². The highest BCUT2D eigenvalue weighted by molar-refractivity contribution is 6.22. The molecule has 2 nitrogen and oxygen atoms in total. The molecule has 0 N–H and O–H groups in total. The molecule has 2 heteroatoms. The number of hydrogen-bond acceptors (Lipinski definition) is 2. The predicted molar refractivity (Wildman–Crippen MR) is 235 cm³/mol. The Morgan fingerprint density at radius 2 is 0.714 bits per heavy atom. The topological polar surface area (TPSA) is 25.8 Å². The van der Waals surface area contributed by atoms with Crippen LogP contribution in [0.15, 0.2) is 219 Å². The summed E-state index contributed by atoms with van der Waals surface area (Å²) >= 11 is 0. The molecular weight excluding hydrogens is 677 g/mol. The molecule has 10 rings (SSSR count). The van der Waals surface area contributed by atoms with Crippen molar-refractivity contribution in [1.29, 1.82) is 0 Å². The van der Waals surface area contributed by atoms with E-state index in [1.165, 1.54) is 77.2 Å². The molecule has 8 aromatic carbocycles. The molecule has 2 aromatic heterocycles. The first-order valence-electron chi connectivity index (χ1n) is 19.0. The standard InChI is InChI=1S/C54H36N2/c1-3-12-37(13-4-1)45-32-46(38-14-5-2-6-15-38)34-47(33-45)43-28-29-50-51(35-43)54(42-26-22-40(23-27-42)52-19-9-10-31-56-52)49-18-8-7-17-48(49)53(50)41-24-20-39(21-25-41)44-16-11-30-55-36-44/h1-36H. The lowest BCUT2D eigenvalue weighted by molar-refractivity contribution is 1.33. The van der Waals surface area contributed by atoms with E-state index in [0.717, 1.165) is 22.4 Å². The van der Waals surface area contributed by atoms with Crippen LogP contribution in [0.4, 0.5) is 0 Å². The van der Waals surface area contributed by atoms with Gasteiger partial charge in [0.25, 0.3) is 0 Å². The Hall–Kier alpha value is -7.42. The Labute approximate surface area is 327 Å². The van der Waals surface area contributed by atoms with Gasteiger partial charge in [0, 0.05) is 24.2 Å². The van der Waals surface area contributed by atoms with Crippen molar-refractivity contribution in [2.75, 3.05) is 0 Å². The van der Waals surface area contributed by atoms with Crippen molar-refractivity contribution < 1.29 is 0 Å². The molecular formula is C54H36N2. The van der Waals surface area contributed by atoms with Crippen LogP contribution >= 0.6 is 0 Å². The van der Waals surface area contributed by atoms with Crippen molar-refractivity contribution >= 4 is 21.5 Å². The zero-order valence-electron chi connectivity index (χ0n) is 30.7. The van der Waals surface area contributed by atoms with Gasteiger partial charge in [0.05, 0.1) is 5.69 Å². The molecule has 56 heavy (non-hydrogen) atoms. The molecule has 0 saturated heterocycles. The smallest absolute Gasteiger partial charge is 0.0701 e. The Morgan fingerprint density at radius 3 is 1.29 bits per heavy atom. The number of aromatic nitrogens is 2. The van der Waals surface area contributed by atoms with Crippen LogP contribution in [0.1, 0.15) is 0 Å². The van der Waals surface area contributed by atoms with Gasteiger partial charge in [-0.25, -0.2) is 0 Å². The zero-order valence-corrected chi connectivity index (χ0v) is 30.7. The summed E-state index contributed by atoms with van der Waals surface area (Å²) in [5.41, 5.74) is 16.3. The maximum atomic E-state index is 4.62. The van der Waals surface area contributed by atoms with Gasteiger partial charge in [-0.15, -0.1) is 0 Å². The number of fused-ring (bicyclic) bond motifs is 2. The summed E-state index contributed by atoms with van der Waals surface area (Å²) in [4.78, 5) is 8.98. The first-order valence-corrected chi connectivity index (χ1v) is 19.0. The molecule has 0 amide bonds. The number of nitrogens with zero attached hydrogens (tertiary/aromatic N) is 2. The Morgan fingerprint density at radius 1 is 0.250 bits per heavy atom. The minimum Gasteiger partial charge on any atom is -0.264 e. The number of rotatable bonds is 7. The average Bonchev–Trinajstić information content (AvgIpc) is 3.29. The van der Waals surface area contributed by atoms with Crippen molar-refractivity contribution in [2.45, 2.75) is 0 Å². The van der Waals surface area contributed by atoms with Gasteiger partial charge >= 0.3 is 0 Å². The van der Waals surface area contributed by atoms with E-state index in [-0.39, 0.29) is 0 Å². The molecule has 2 heterocycles. The monoisotopic (exact) mass is 712 g/mol. The third kappa shape index (κ3) is 6.24. The van der Waals surface area contributed by atoms with E-state index in [1.807, 2.05) is 36.8 Å². The fraction of sp³-hybridized carbons (Fsp3) is 0. The molecule has 0 aliphatic rings. The minimum absolute atomic E-state index is 0.966. The molecule has 0 fully saturated rings. The van der Waals surface area contributed by atoms with E-state index < -0.39 is 0 Å². The summed E-state index contributed by atoms with van der Waals surface area (Å²) in [7, 11) is 0. The lowest BCUT2D eigenvalue weighted by Crippen LogP contribution is -1.93. The summed E-state index contributed by atoms with van der Waals surface area (Å²) < 4.78 is 0. The van der Waals surface area contributed by atoms with Crippen molar-refractivity contribution in [3.63, 3.8) is 0 Å². The first-order chi connectivity index (χ1) is 27.8. The SMILES string of the molecule is c1ccc(-c2cc(-c3ccccc3)cc(-c3ccc4c(-c5ccc(-c6cccnc6)cc5)c5ccccc5c(-c5ccc(-c6ccccn6)cc5)c4c3)c2)cc1. The van der Waals surface area contributed by atoms with Crippen LogP contribution < -0.4 is 0 Å². The van der Waals surface area contributed by atoms with Gasteiger partial charge in [-0.2, -0.15) is 0 Å². The lowest BCUT2D eigenvalue weighted by atomic mass is 9.84. The second-order valence-electron chi connectivity index (χ2n) is 14.2. The molecule has 262 valence electrons. The van der Waals surface area contributed by atoms with Crippen molar-refractivity contribution in [2.24, 2.45) is 0 Å². The highest BCUT2D eigenvalue weighted by Gasteiger charge is 2.19. The Kier molecular flexibility index (Phi) is 8.55.